The Hall–Kier alpha value is -0.430. The van der Waals surface area contributed by atoms with Crippen molar-refractivity contribution in [1.82, 2.24) is 0 Å². The van der Waals surface area contributed by atoms with Crippen molar-refractivity contribution < 1.29 is 9.63 Å². The van der Waals surface area contributed by atoms with E-state index in [-0.39, 0.29) is 6.35 Å². The van der Waals surface area contributed by atoms with Crippen molar-refractivity contribution in [1.29, 1.82) is 0 Å². The Morgan fingerprint density at radius 1 is 1.33 bits per heavy atom. The maximum atomic E-state index is 9.01. The van der Waals surface area contributed by atoms with Crippen molar-refractivity contribution in [3.8, 4) is 0 Å². The van der Waals surface area contributed by atoms with E-state index in [1.54, 1.807) is 0 Å². The Labute approximate surface area is 74.0 Å². The van der Waals surface area contributed by atoms with Crippen LogP contribution in [0.5, 0.6) is 0 Å². The Bertz CT molecular complexity index is 213. The molecule has 0 aliphatic carbocycles. The van der Waals surface area contributed by atoms with Gasteiger partial charge in [-0.1, -0.05) is 30.3 Å². The molecule has 1 atom stereocenters. The summed E-state index contributed by atoms with van der Waals surface area (Å²) in [5, 5.41) is 10.1. The Kier molecular flexibility index (Phi) is 4.23. The highest BCUT2D eigenvalue weighted by molar-refractivity contribution is 7.60. The van der Waals surface area contributed by atoms with Crippen molar-refractivity contribution >= 4 is 13.5 Å². The molecule has 12 heavy (non-hydrogen) atoms. The van der Waals surface area contributed by atoms with E-state index >= 15 is 0 Å². The first-order valence-corrected chi connectivity index (χ1v) is 5.39. The van der Waals surface area contributed by atoms with Crippen molar-refractivity contribution in [2.75, 3.05) is 13.0 Å². The molecule has 1 aromatic carbocycles. The summed E-state index contributed by atoms with van der Waals surface area (Å²) < 4.78 is 5.39. The molecule has 0 aliphatic rings. The van der Waals surface area contributed by atoms with Crippen LogP contribution in [-0.2, 0) is 4.52 Å². The van der Waals surface area contributed by atoms with Gasteiger partial charge < -0.3 is 9.63 Å². The lowest BCUT2D eigenvalue weighted by atomic mass is 10.4. The molecule has 2 nitrogen and oxygen atoms in total. The maximum Gasteiger partial charge on any atom is 0.0913 e. The number of aliphatic hydroxyl groups is 1. The predicted octanol–water partition coefficient (Wildman–Crippen LogP) is 1.70. The molecule has 66 valence electrons. The first-order chi connectivity index (χ1) is 5.88. The standard InChI is InChI=1S/C9H13O2P/c1-2-11-12(8-10)9-6-4-3-5-7-9/h3-7,10H,2,8H2,1H3. The maximum absolute atomic E-state index is 9.01. The minimum atomic E-state index is -0.798. The lowest BCUT2D eigenvalue weighted by Crippen LogP contribution is -2.04. The first kappa shape index (κ1) is 9.66. The van der Waals surface area contributed by atoms with Gasteiger partial charge in [-0.15, -0.1) is 0 Å². The van der Waals surface area contributed by atoms with Crippen molar-refractivity contribution in [2.45, 2.75) is 6.92 Å². The number of rotatable bonds is 4. The number of hydrogen-bond donors (Lipinski definition) is 1. The minimum Gasteiger partial charge on any atom is -0.389 e. The molecule has 1 aromatic rings. The van der Waals surface area contributed by atoms with Gasteiger partial charge in [0.1, 0.15) is 0 Å². The zero-order valence-electron chi connectivity index (χ0n) is 7.10. The van der Waals surface area contributed by atoms with E-state index in [1.165, 1.54) is 0 Å². The van der Waals surface area contributed by atoms with E-state index < -0.39 is 8.15 Å². The second-order valence-corrected chi connectivity index (χ2v) is 4.09. The third-order valence-electron chi connectivity index (χ3n) is 1.46. The smallest absolute Gasteiger partial charge is 0.0913 e. The Morgan fingerprint density at radius 3 is 2.50 bits per heavy atom. The van der Waals surface area contributed by atoms with Crippen LogP contribution in [0.4, 0.5) is 0 Å². The number of aliphatic hydroxyl groups excluding tert-OH is 1. The molecule has 0 spiro atoms. The van der Waals surface area contributed by atoms with Gasteiger partial charge in [-0.25, -0.2) is 0 Å². The van der Waals surface area contributed by atoms with E-state index in [4.69, 9.17) is 9.63 Å². The monoisotopic (exact) mass is 184 g/mol. The molecule has 0 fully saturated rings. The molecule has 0 radical (unpaired) electrons. The highest BCUT2D eigenvalue weighted by Crippen LogP contribution is 2.33. The van der Waals surface area contributed by atoms with Crippen LogP contribution in [0.1, 0.15) is 6.92 Å². The van der Waals surface area contributed by atoms with Gasteiger partial charge in [-0.3, -0.25) is 0 Å². The van der Waals surface area contributed by atoms with Crippen molar-refractivity contribution in [2.24, 2.45) is 0 Å². The zero-order chi connectivity index (χ0) is 8.81. The topological polar surface area (TPSA) is 29.5 Å². The molecule has 1 rings (SSSR count). The molecule has 0 saturated carbocycles. The highest BCUT2D eigenvalue weighted by Gasteiger charge is 2.08. The van der Waals surface area contributed by atoms with Crippen LogP contribution >= 0.6 is 8.15 Å². The summed E-state index contributed by atoms with van der Waals surface area (Å²) in [6.45, 7) is 2.59. The van der Waals surface area contributed by atoms with Crippen LogP contribution in [0.3, 0.4) is 0 Å². The van der Waals surface area contributed by atoms with Gasteiger partial charge in [0.15, 0.2) is 0 Å². The molecule has 0 bridgehead atoms. The summed E-state index contributed by atoms with van der Waals surface area (Å²) in [6.07, 6.45) is 0.104. The molecule has 3 heteroatoms. The van der Waals surface area contributed by atoms with Crippen LogP contribution in [0.25, 0.3) is 0 Å². The third kappa shape index (κ3) is 2.56. The third-order valence-corrected chi connectivity index (χ3v) is 3.16. The summed E-state index contributed by atoms with van der Waals surface area (Å²) in [4.78, 5) is 0. The second kappa shape index (κ2) is 5.26. The fourth-order valence-corrected chi connectivity index (χ4v) is 2.16. The van der Waals surface area contributed by atoms with Crippen molar-refractivity contribution in [3.63, 3.8) is 0 Å². The molecule has 1 N–H and O–H groups in total. The first-order valence-electron chi connectivity index (χ1n) is 3.95. The lowest BCUT2D eigenvalue weighted by molar-refractivity contribution is 0.324. The fourth-order valence-electron chi connectivity index (χ4n) is 0.947. The summed E-state index contributed by atoms with van der Waals surface area (Å²) in [6, 6.07) is 9.84. The predicted molar refractivity (Wildman–Crippen MR) is 51.7 cm³/mol. The second-order valence-electron chi connectivity index (χ2n) is 2.27. The summed E-state index contributed by atoms with van der Waals surface area (Å²) in [5.41, 5.74) is 0. The summed E-state index contributed by atoms with van der Waals surface area (Å²) in [5.74, 6) is 0. The van der Waals surface area contributed by atoms with Crippen LogP contribution in [-0.4, -0.2) is 18.1 Å². The van der Waals surface area contributed by atoms with Gasteiger partial charge in [-0.05, 0) is 6.92 Å². The summed E-state index contributed by atoms with van der Waals surface area (Å²) >= 11 is 0. The number of benzene rings is 1. The number of hydrogen-bond acceptors (Lipinski definition) is 2. The van der Waals surface area contributed by atoms with Gasteiger partial charge in [0, 0.05) is 11.9 Å². The highest BCUT2D eigenvalue weighted by atomic mass is 31.1. The van der Waals surface area contributed by atoms with Crippen LogP contribution in [0, 0.1) is 0 Å². The Balaban J connectivity index is 2.66. The molecular weight excluding hydrogens is 171 g/mol. The van der Waals surface area contributed by atoms with E-state index in [1.807, 2.05) is 37.3 Å². The Morgan fingerprint density at radius 2 is 2.00 bits per heavy atom. The van der Waals surface area contributed by atoms with E-state index in [0.717, 1.165) is 5.30 Å². The van der Waals surface area contributed by atoms with Gasteiger partial charge >= 0.3 is 0 Å². The van der Waals surface area contributed by atoms with Crippen LogP contribution in [0.15, 0.2) is 30.3 Å². The largest absolute Gasteiger partial charge is 0.389 e. The van der Waals surface area contributed by atoms with Crippen LogP contribution < -0.4 is 5.30 Å². The molecule has 0 amide bonds. The lowest BCUT2D eigenvalue weighted by Gasteiger charge is -2.13. The SMILES string of the molecule is CCOP(CO)c1ccccc1. The average molecular weight is 184 g/mol. The molecule has 0 heterocycles. The van der Waals surface area contributed by atoms with Gasteiger partial charge in [0.25, 0.3) is 0 Å². The average Bonchev–Trinajstić information content (AvgIpc) is 2.15. The molecule has 0 aliphatic heterocycles. The molecular formula is C9H13O2P. The van der Waals surface area contributed by atoms with E-state index in [0.29, 0.717) is 6.61 Å². The normalized spacial score (nSPS) is 12.8. The molecule has 0 aromatic heterocycles. The van der Waals surface area contributed by atoms with Crippen LogP contribution in [0.2, 0.25) is 0 Å². The summed E-state index contributed by atoms with van der Waals surface area (Å²) in [7, 11) is -0.798. The fraction of sp³-hybridized carbons (Fsp3) is 0.333. The van der Waals surface area contributed by atoms with Gasteiger partial charge in [0.2, 0.25) is 0 Å². The molecule has 0 saturated heterocycles. The quantitative estimate of drug-likeness (QED) is 0.721. The van der Waals surface area contributed by atoms with E-state index in [9.17, 15) is 0 Å². The zero-order valence-corrected chi connectivity index (χ0v) is 8.00. The van der Waals surface area contributed by atoms with E-state index in [2.05, 4.69) is 0 Å². The minimum absolute atomic E-state index is 0.104. The van der Waals surface area contributed by atoms with Gasteiger partial charge in [-0.2, -0.15) is 0 Å². The molecule has 1 unspecified atom stereocenters. The van der Waals surface area contributed by atoms with Gasteiger partial charge in [0.05, 0.1) is 14.5 Å². The van der Waals surface area contributed by atoms with Crippen molar-refractivity contribution in [3.05, 3.63) is 30.3 Å².